The van der Waals surface area contributed by atoms with Crippen molar-refractivity contribution in [3.63, 3.8) is 0 Å². The first-order valence-electron chi connectivity index (χ1n) is 12.6. The number of esters is 1. The summed E-state index contributed by atoms with van der Waals surface area (Å²) in [6.45, 7) is 5.04. The molecule has 194 valence electrons. The molecule has 0 bridgehead atoms. The second kappa shape index (κ2) is 12.7. The highest BCUT2D eigenvalue weighted by atomic mass is 35.5. The van der Waals surface area contributed by atoms with Crippen LogP contribution in [-0.4, -0.2) is 62.8 Å². The Hall–Kier alpha value is -2.48. The van der Waals surface area contributed by atoms with Gasteiger partial charge in [-0.2, -0.15) is 0 Å². The zero-order valence-electron chi connectivity index (χ0n) is 20.6. The lowest BCUT2D eigenvalue weighted by molar-refractivity contribution is 0.0602. The number of urea groups is 1. The number of piperazine rings is 1. The molecule has 1 saturated carbocycles. The highest BCUT2D eigenvalue weighted by molar-refractivity contribution is 6.43. The number of nitrogens with one attached hydrogen (secondary N) is 2. The number of carbonyl (C=O) groups excluding carboxylic acids is 2. The van der Waals surface area contributed by atoms with Crippen LogP contribution in [0.1, 0.15) is 42.5 Å². The van der Waals surface area contributed by atoms with Gasteiger partial charge in [0.25, 0.3) is 0 Å². The summed E-state index contributed by atoms with van der Waals surface area (Å²) in [6, 6.07) is 12.5. The fourth-order valence-electron chi connectivity index (χ4n) is 5.13. The lowest BCUT2D eigenvalue weighted by Crippen LogP contribution is -2.47. The van der Waals surface area contributed by atoms with Gasteiger partial charge in [-0.15, -0.1) is 0 Å². The number of hydrogen-bond acceptors (Lipinski definition) is 5. The van der Waals surface area contributed by atoms with Crippen LogP contribution in [0.3, 0.4) is 0 Å². The lowest BCUT2D eigenvalue weighted by atomic mass is 9.84. The van der Waals surface area contributed by atoms with Crippen molar-refractivity contribution in [1.29, 1.82) is 0 Å². The highest BCUT2D eigenvalue weighted by Crippen LogP contribution is 2.33. The van der Waals surface area contributed by atoms with E-state index in [0.29, 0.717) is 27.2 Å². The van der Waals surface area contributed by atoms with Crippen molar-refractivity contribution in [2.75, 3.05) is 50.1 Å². The number of hydrogen-bond donors (Lipinski definition) is 2. The normalized spacial score (nSPS) is 20.6. The van der Waals surface area contributed by atoms with Crippen LogP contribution in [0.15, 0.2) is 42.5 Å². The Morgan fingerprint density at radius 2 is 1.69 bits per heavy atom. The van der Waals surface area contributed by atoms with Gasteiger partial charge in [0.2, 0.25) is 0 Å². The van der Waals surface area contributed by atoms with E-state index in [0.717, 1.165) is 64.1 Å². The second-order valence-corrected chi connectivity index (χ2v) is 10.3. The summed E-state index contributed by atoms with van der Waals surface area (Å²) in [5, 5.41) is 7.11. The van der Waals surface area contributed by atoms with Crippen LogP contribution in [0.2, 0.25) is 10.0 Å². The van der Waals surface area contributed by atoms with Gasteiger partial charge in [0.15, 0.2) is 0 Å². The standard InChI is InChI=1S/C27H34Cl2N4O3/c1-36-26(34)21-5-2-3-7-23(21)31-27(35)30-20-11-9-19(10-12-20)13-14-32-15-17-33(18-16-32)24-8-4-6-22(28)25(24)29/h2-8,19-20H,9-18H2,1H3,(H2,30,31,35). The number of halogens is 2. The maximum Gasteiger partial charge on any atom is 0.339 e. The van der Waals surface area contributed by atoms with Gasteiger partial charge in [0, 0.05) is 32.2 Å². The molecule has 36 heavy (non-hydrogen) atoms. The van der Waals surface area contributed by atoms with Crippen molar-refractivity contribution in [2.24, 2.45) is 5.92 Å². The van der Waals surface area contributed by atoms with Gasteiger partial charge < -0.3 is 20.3 Å². The largest absolute Gasteiger partial charge is 0.465 e. The smallest absolute Gasteiger partial charge is 0.339 e. The second-order valence-electron chi connectivity index (χ2n) is 9.54. The Morgan fingerprint density at radius 1 is 0.972 bits per heavy atom. The zero-order chi connectivity index (χ0) is 25.5. The molecule has 0 aromatic heterocycles. The predicted octanol–water partition coefficient (Wildman–Crippen LogP) is 5.67. The number of rotatable bonds is 7. The third kappa shape index (κ3) is 6.84. The molecule has 9 heteroatoms. The van der Waals surface area contributed by atoms with Crippen LogP contribution in [0.4, 0.5) is 16.2 Å². The van der Waals surface area contributed by atoms with E-state index < -0.39 is 5.97 Å². The molecule has 1 aliphatic heterocycles. The van der Waals surface area contributed by atoms with Crippen LogP contribution in [0, 0.1) is 5.92 Å². The Bertz CT molecular complexity index is 1050. The van der Waals surface area contributed by atoms with E-state index in [2.05, 4.69) is 20.4 Å². The van der Waals surface area contributed by atoms with Gasteiger partial charge in [0.05, 0.1) is 34.1 Å². The van der Waals surface area contributed by atoms with Gasteiger partial charge in [-0.25, -0.2) is 9.59 Å². The Kier molecular flexibility index (Phi) is 9.35. The fourth-order valence-corrected chi connectivity index (χ4v) is 5.55. The number of ether oxygens (including phenoxy) is 1. The lowest BCUT2D eigenvalue weighted by Gasteiger charge is -2.37. The first-order valence-corrected chi connectivity index (χ1v) is 13.4. The van der Waals surface area contributed by atoms with Gasteiger partial charge in [-0.3, -0.25) is 4.90 Å². The van der Waals surface area contributed by atoms with E-state index in [-0.39, 0.29) is 12.1 Å². The first-order chi connectivity index (χ1) is 17.4. The summed E-state index contributed by atoms with van der Waals surface area (Å²) >= 11 is 12.6. The molecule has 2 aromatic rings. The Balaban J connectivity index is 1.15. The summed E-state index contributed by atoms with van der Waals surface area (Å²) in [5.41, 5.74) is 1.82. The molecule has 1 aliphatic carbocycles. The van der Waals surface area contributed by atoms with Crippen LogP contribution in [-0.2, 0) is 4.74 Å². The minimum Gasteiger partial charge on any atom is -0.465 e. The van der Waals surface area contributed by atoms with Crippen molar-refractivity contribution in [3.8, 4) is 0 Å². The number of methoxy groups -OCH3 is 1. The van der Waals surface area contributed by atoms with E-state index in [1.807, 2.05) is 18.2 Å². The minimum atomic E-state index is -0.471. The maximum atomic E-state index is 12.5. The number of anilines is 2. The summed E-state index contributed by atoms with van der Waals surface area (Å²) in [5.74, 6) is 0.215. The SMILES string of the molecule is COC(=O)c1ccccc1NC(=O)NC1CCC(CCN2CCN(c3cccc(Cl)c3Cl)CC2)CC1. The van der Waals surface area contributed by atoms with E-state index in [1.165, 1.54) is 13.5 Å². The fraction of sp³-hybridized carbons (Fsp3) is 0.481. The molecule has 4 rings (SSSR count). The average molecular weight is 534 g/mol. The molecule has 7 nitrogen and oxygen atoms in total. The molecule has 0 unspecified atom stereocenters. The van der Waals surface area contributed by atoms with Gasteiger partial charge in [-0.05, 0) is 68.8 Å². The van der Waals surface area contributed by atoms with E-state index in [4.69, 9.17) is 27.9 Å². The molecule has 2 aromatic carbocycles. The number of nitrogens with zero attached hydrogens (tertiary/aromatic N) is 2. The predicted molar refractivity (Wildman–Crippen MR) is 145 cm³/mol. The molecule has 0 radical (unpaired) electrons. The molecular weight excluding hydrogens is 499 g/mol. The first kappa shape index (κ1) is 26.6. The molecule has 0 atom stereocenters. The Labute approximate surface area is 223 Å². The quantitative estimate of drug-likeness (QED) is 0.449. The van der Waals surface area contributed by atoms with E-state index in [9.17, 15) is 9.59 Å². The molecule has 1 heterocycles. The van der Waals surface area contributed by atoms with Crippen LogP contribution < -0.4 is 15.5 Å². The Morgan fingerprint density at radius 3 is 2.42 bits per heavy atom. The van der Waals surface area contributed by atoms with Crippen molar-refractivity contribution >= 4 is 46.6 Å². The van der Waals surface area contributed by atoms with E-state index in [1.54, 1.807) is 24.3 Å². The molecule has 1 saturated heterocycles. The third-order valence-electron chi connectivity index (χ3n) is 7.26. The topological polar surface area (TPSA) is 73.9 Å². The van der Waals surface area contributed by atoms with Crippen molar-refractivity contribution < 1.29 is 14.3 Å². The number of benzene rings is 2. The molecule has 2 N–H and O–H groups in total. The van der Waals surface area contributed by atoms with Gasteiger partial charge in [0.1, 0.15) is 0 Å². The molecule has 0 spiro atoms. The zero-order valence-corrected chi connectivity index (χ0v) is 22.2. The highest BCUT2D eigenvalue weighted by Gasteiger charge is 2.25. The summed E-state index contributed by atoms with van der Waals surface area (Å²) < 4.78 is 4.79. The van der Waals surface area contributed by atoms with Crippen LogP contribution >= 0.6 is 23.2 Å². The van der Waals surface area contributed by atoms with Crippen LogP contribution in [0.5, 0.6) is 0 Å². The molecule has 2 fully saturated rings. The van der Waals surface area contributed by atoms with Crippen LogP contribution in [0.25, 0.3) is 0 Å². The molecule has 2 amide bonds. The molecule has 2 aliphatic rings. The van der Waals surface area contributed by atoms with E-state index >= 15 is 0 Å². The van der Waals surface area contributed by atoms with Crippen molar-refractivity contribution in [1.82, 2.24) is 10.2 Å². The van der Waals surface area contributed by atoms with Gasteiger partial charge >= 0.3 is 12.0 Å². The summed E-state index contributed by atoms with van der Waals surface area (Å²) in [6.07, 6.45) is 5.35. The molecular formula is C27H34Cl2N4O3. The summed E-state index contributed by atoms with van der Waals surface area (Å²) in [7, 11) is 1.33. The third-order valence-corrected chi connectivity index (χ3v) is 8.07. The average Bonchev–Trinajstić information content (AvgIpc) is 2.90. The van der Waals surface area contributed by atoms with Crippen molar-refractivity contribution in [2.45, 2.75) is 38.1 Å². The summed E-state index contributed by atoms with van der Waals surface area (Å²) in [4.78, 5) is 29.3. The number of para-hydroxylation sites is 1. The number of amides is 2. The van der Waals surface area contributed by atoms with Crippen molar-refractivity contribution in [3.05, 3.63) is 58.1 Å². The maximum absolute atomic E-state index is 12.5. The minimum absolute atomic E-state index is 0.150. The number of carbonyl (C=O) groups is 2. The van der Waals surface area contributed by atoms with Gasteiger partial charge in [-0.1, -0.05) is 41.4 Å². The monoisotopic (exact) mass is 532 g/mol.